The molecule has 0 spiro atoms. The number of carbonyl (C=O) groups is 1. The van der Waals surface area contributed by atoms with Gasteiger partial charge in [-0.05, 0) is 48.4 Å². The number of ether oxygens (including phenoxy) is 1. The summed E-state index contributed by atoms with van der Waals surface area (Å²) in [6.07, 6.45) is 0.558. The summed E-state index contributed by atoms with van der Waals surface area (Å²) in [4.78, 5) is 23.0. The summed E-state index contributed by atoms with van der Waals surface area (Å²) >= 11 is 0. The van der Waals surface area contributed by atoms with Crippen molar-refractivity contribution in [1.82, 2.24) is 4.72 Å². The van der Waals surface area contributed by atoms with Crippen molar-refractivity contribution in [3.63, 3.8) is 0 Å². The van der Waals surface area contributed by atoms with Crippen molar-refractivity contribution in [3.05, 3.63) is 94.0 Å². The van der Waals surface area contributed by atoms with Gasteiger partial charge in [0.05, 0.1) is 16.9 Å². The van der Waals surface area contributed by atoms with E-state index in [1.54, 1.807) is 0 Å². The second-order valence-electron chi connectivity index (χ2n) is 6.76. The zero-order valence-corrected chi connectivity index (χ0v) is 18.0. The van der Waals surface area contributed by atoms with Crippen LogP contribution >= 0.6 is 0 Å². The Morgan fingerprint density at radius 2 is 1.72 bits per heavy atom. The molecule has 0 radical (unpaired) electrons. The standard InChI is InChI=1S/C22H21N3O6S/c1-31-21-12-7-17(15-20(21)25(27)28)22(26)24-18-8-10-19(11-9-18)32(29,30)23-14-13-16-5-3-2-4-6-16/h2-12,15,23H,13-14H2,1H3,(H,24,26). The molecule has 2 N–H and O–H groups in total. The molecule has 3 aromatic carbocycles. The van der Waals surface area contributed by atoms with Crippen molar-refractivity contribution in [3.8, 4) is 5.75 Å². The predicted octanol–water partition coefficient (Wildman–Crippen LogP) is 3.38. The van der Waals surface area contributed by atoms with E-state index in [0.717, 1.165) is 11.6 Å². The van der Waals surface area contributed by atoms with E-state index in [-0.39, 0.29) is 28.4 Å². The number of methoxy groups -OCH3 is 1. The minimum absolute atomic E-state index is 0.0425. The smallest absolute Gasteiger partial charge is 0.311 e. The molecular weight excluding hydrogens is 434 g/mol. The van der Waals surface area contributed by atoms with Gasteiger partial charge in [0, 0.05) is 23.9 Å². The van der Waals surface area contributed by atoms with Crippen LogP contribution < -0.4 is 14.8 Å². The fraction of sp³-hybridized carbons (Fsp3) is 0.136. The van der Waals surface area contributed by atoms with Gasteiger partial charge in [0.25, 0.3) is 5.91 Å². The number of rotatable bonds is 9. The van der Waals surface area contributed by atoms with Crippen LogP contribution in [-0.2, 0) is 16.4 Å². The van der Waals surface area contributed by atoms with E-state index in [1.807, 2.05) is 30.3 Å². The third kappa shape index (κ3) is 5.68. The van der Waals surface area contributed by atoms with Crippen LogP contribution in [0.1, 0.15) is 15.9 Å². The van der Waals surface area contributed by atoms with Gasteiger partial charge in [-0.15, -0.1) is 0 Å². The molecular formula is C22H21N3O6S. The first-order valence-corrected chi connectivity index (χ1v) is 11.1. The maximum Gasteiger partial charge on any atom is 0.311 e. The molecule has 0 aromatic heterocycles. The summed E-state index contributed by atoms with van der Waals surface area (Å²) in [5.41, 5.74) is 1.10. The molecule has 0 fully saturated rings. The Kier molecular flexibility index (Phi) is 7.18. The zero-order valence-electron chi connectivity index (χ0n) is 17.1. The van der Waals surface area contributed by atoms with E-state index in [0.29, 0.717) is 12.1 Å². The molecule has 0 saturated heterocycles. The quantitative estimate of drug-likeness (QED) is 0.376. The normalized spacial score (nSPS) is 11.0. The highest BCUT2D eigenvalue weighted by molar-refractivity contribution is 7.89. The summed E-state index contributed by atoms with van der Waals surface area (Å²) in [6.45, 7) is 0.251. The molecule has 0 aliphatic heterocycles. The Balaban J connectivity index is 1.64. The second kappa shape index (κ2) is 10.0. The molecule has 10 heteroatoms. The van der Waals surface area contributed by atoms with Crippen LogP contribution in [-0.4, -0.2) is 32.9 Å². The van der Waals surface area contributed by atoms with Crippen LogP contribution in [0.15, 0.2) is 77.7 Å². The largest absolute Gasteiger partial charge is 0.490 e. The highest BCUT2D eigenvalue weighted by atomic mass is 32.2. The fourth-order valence-corrected chi connectivity index (χ4v) is 3.98. The Bertz CT molecular complexity index is 1210. The van der Waals surface area contributed by atoms with Gasteiger partial charge in [0.1, 0.15) is 0 Å². The molecule has 0 bridgehead atoms. The fourth-order valence-electron chi connectivity index (χ4n) is 2.95. The molecule has 0 aliphatic carbocycles. The van der Waals surface area contributed by atoms with Crippen molar-refractivity contribution >= 4 is 27.3 Å². The summed E-state index contributed by atoms with van der Waals surface area (Å²) < 4.78 is 32.4. The van der Waals surface area contributed by atoms with Gasteiger partial charge < -0.3 is 10.1 Å². The van der Waals surface area contributed by atoms with Crippen molar-refractivity contribution in [2.75, 3.05) is 19.0 Å². The van der Waals surface area contributed by atoms with Crippen LogP contribution in [0.2, 0.25) is 0 Å². The third-order valence-corrected chi connectivity index (χ3v) is 6.09. The molecule has 0 unspecified atom stereocenters. The summed E-state index contributed by atoms with van der Waals surface area (Å²) in [5, 5.41) is 13.7. The van der Waals surface area contributed by atoms with Crippen molar-refractivity contribution < 1.29 is 22.9 Å². The number of nitro benzene ring substituents is 1. The number of carbonyl (C=O) groups excluding carboxylic acids is 1. The van der Waals surface area contributed by atoms with Gasteiger partial charge >= 0.3 is 5.69 Å². The van der Waals surface area contributed by atoms with Gasteiger partial charge in [0.15, 0.2) is 5.75 Å². The number of anilines is 1. The molecule has 0 saturated carbocycles. The van der Waals surface area contributed by atoms with Crippen LogP contribution in [0.3, 0.4) is 0 Å². The van der Waals surface area contributed by atoms with E-state index in [9.17, 15) is 23.3 Å². The minimum Gasteiger partial charge on any atom is -0.490 e. The number of nitrogens with zero attached hydrogens (tertiary/aromatic N) is 1. The summed E-state index contributed by atoms with van der Waals surface area (Å²) in [5.74, 6) is -0.534. The Labute approximate surface area is 185 Å². The lowest BCUT2D eigenvalue weighted by Gasteiger charge is -2.09. The molecule has 1 amide bonds. The van der Waals surface area contributed by atoms with E-state index < -0.39 is 20.9 Å². The van der Waals surface area contributed by atoms with Gasteiger partial charge in [-0.1, -0.05) is 30.3 Å². The molecule has 32 heavy (non-hydrogen) atoms. The Hall–Kier alpha value is -3.76. The molecule has 3 aromatic rings. The number of benzene rings is 3. The number of hydrogen-bond donors (Lipinski definition) is 2. The van der Waals surface area contributed by atoms with Crippen LogP contribution in [0.25, 0.3) is 0 Å². The van der Waals surface area contributed by atoms with Crippen molar-refractivity contribution in [2.45, 2.75) is 11.3 Å². The summed E-state index contributed by atoms with van der Waals surface area (Å²) in [6, 6.07) is 19.0. The van der Waals surface area contributed by atoms with Crippen LogP contribution in [0.4, 0.5) is 11.4 Å². The number of sulfonamides is 1. The first-order chi connectivity index (χ1) is 15.3. The van der Waals surface area contributed by atoms with Gasteiger partial charge in [-0.25, -0.2) is 13.1 Å². The highest BCUT2D eigenvalue weighted by Gasteiger charge is 2.19. The van der Waals surface area contributed by atoms with E-state index in [2.05, 4.69) is 10.0 Å². The molecule has 9 nitrogen and oxygen atoms in total. The number of nitrogens with one attached hydrogen (secondary N) is 2. The van der Waals surface area contributed by atoms with Crippen LogP contribution in [0, 0.1) is 10.1 Å². The average Bonchev–Trinajstić information content (AvgIpc) is 2.79. The van der Waals surface area contributed by atoms with E-state index in [4.69, 9.17) is 4.74 Å². The molecule has 0 atom stereocenters. The molecule has 3 rings (SSSR count). The second-order valence-corrected chi connectivity index (χ2v) is 8.52. The van der Waals surface area contributed by atoms with Crippen LogP contribution in [0.5, 0.6) is 5.75 Å². The number of amides is 1. The van der Waals surface area contributed by atoms with E-state index >= 15 is 0 Å². The number of nitro groups is 1. The number of hydrogen-bond acceptors (Lipinski definition) is 6. The zero-order chi connectivity index (χ0) is 23.1. The molecule has 0 heterocycles. The third-order valence-electron chi connectivity index (χ3n) is 4.61. The summed E-state index contributed by atoms with van der Waals surface area (Å²) in [7, 11) is -2.40. The lowest BCUT2D eigenvalue weighted by Crippen LogP contribution is -2.26. The SMILES string of the molecule is COc1ccc(C(=O)Nc2ccc(S(=O)(=O)NCCc3ccccc3)cc2)cc1[N+](=O)[O-]. The van der Waals surface area contributed by atoms with Gasteiger partial charge in [-0.2, -0.15) is 0 Å². The maximum atomic E-state index is 12.5. The molecule has 0 aliphatic rings. The first-order valence-electron chi connectivity index (χ1n) is 9.57. The molecule has 166 valence electrons. The van der Waals surface area contributed by atoms with Gasteiger partial charge in [-0.3, -0.25) is 14.9 Å². The van der Waals surface area contributed by atoms with Gasteiger partial charge in [0.2, 0.25) is 10.0 Å². The van der Waals surface area contributed by atoms with E-state index in [1.165, 1.54) is 43.5 Å². The lowest BCUT2D eigenvalue weighted by molar-refractivity contribution is -0.385. The maximum absolute atomic E-state index is 12.5. The predicted molar refractivity (Wildman–Crippen MR) is 119 cm³/mol. The Morgan fingerprint density at radius 1 is 1.03 bits per heavy atom. The van der Waals surface area contributed by atoms with Crippen molar-refractivity contribution in [1.29, 1.82) is 0 Å². The first kappa shape index (κ1) is 22.9. The van der Waals surface area contributed by atoms with Crippen molar-refractivity contribution in [2.24, 2.45) is 0 Å². The highest BCUT2D eigenvalue weighted by Crippen LogP contribution is 2.28. The average molecular weight is 455 g/mol. The Morgan fingerprint density at radius 3 is 2.34 bits per heavy atom. The topological polar surface area (TPSA) is 128 Å². The minimum atomic E-state index is -3.70. The lowest BCUT2D eigenvalue weighted by atomic mass is 10.1. The monoisotopic (exact) mass is 455 g/mol.